The first-order chi connectivity index (χ1) is 22.7. The summed E-state index contributed by atoms with van der Waals surface area (Å²) >= 11 is 5.81. The van der Waals surface area contributed by atoms with Gasteiger partial charge in [0.1, 0.15) is 0 Å². The van der Waals surface area contributed by atoms with Crippen molar-refractivity contribution in [2.24, 2.45) is 5.92 Å². The number of anilines is 3. The van der Waals surface area contributed by atoms with Crippen LogP contribution in [0.3, 0.4) is 0 Å². The largest absolute Gasteiger partial charge is 0.310 e. The summed E-state index contributed by atoms with van der Waals surface area (Å²) in [5.41, 5.74) is 9.87. The summed E-state index contributed by atoms with van der Waals surface area (Å²) in [7, 11) is 0. The molecule has 0 fully saturated rings. The number of hydrogen-bond donors (Lipinski definition) is 0. The molecule has 1 aromatic heterocycles. The lowest BCUT2D eigenvalue weighted by Gasteiger charge is -2.39. The second-order valence-corrected chi connectivity index (χ2v) is 14.1. The van der Waals surface area contributed by atoms with Gasteiger partial charge in [-0.25, -0.2) is 0 Å². The zero-order valence-corrected chi connectivity index (χ0v) is 27.5. The Labute approximate surface area is 281 Å². The molecule has 0 aliphatic heterocycles. The van der Waals surface area contributed by atoms with E-state index in [9.17, 15) is 0 Å². The van der Waals surface area contributed by atoms with E-state index in [0.29, 0.717) is 5.92 Å². The van der Waals surface area contributed by atoms with Crippen molar-refractivity contribution in [3.05, 3.63) is 185 Å². The van der Waals surface area contributed by atoms with Crippen molar-refractivity contribution in [2.75, 3.05) is 4.90 Å². The second kappa shape index (κ2) is 11.0. The lowest BCUT2D eigenvalue weighted by molar-refractivity contribution is 0.457. The fourth-order valence-corrected chi connectivity index (χ4v) is 9.68. The molecule has 2 atom stereocenters. The minimum absolute atomic E-state index is 0.276. The Kier molecular flexibility index (Phi) is 6.59. The van der Waals surface area contributed by atoms with Crippen molar-refractivity contribution in [1.82, 2.24) is 0 Å². The maximum atomic E-state index is 3.97. The van der Waals surface area contributed by atoms with Gasteiger partial charge >= 0.3 is 0 Å². The van der Waals surface area contributed by atoms with E-state index in [1.54, 1.807) is 0 Å². The number of nitrogens with zero attached hydrogens (tertiary/aromatic N) is 1. The van der Waals surface area contributed by atoms with Gasteiger partial charge in [-0.2, -0.15) is 0 Å². The molecule has 46 heavy (non-hydrogen) atoms. The average molecular weight is 673 g/mol. The summed E-state index contributed by atoms with van der Waals surface area (Å²) in [6, 6.07) is 51.5. The maximum Gasteiger partial charge on any atom is 0.0529 e. The van der Waals surface area contributed by atoms with E-state index in [-0.39, 0.29) is 5.41 Å². The van der Waals surface area contributed by atoms with E-state index in [0.717, 1.165) is 28.0 Å². The Hall–Kier alpha value is -4.70. The van der Waals surface area contributed by atoms with Crippen LogP contribution in [0.5, 0.6) is 0 Å². The molecule has 0 amide bonds. The van der Waals surface area contributed by atoms with E-state index in [4.69, 9.17) is 0 Å². The minimum Gasteiger partial charge on any atom is -0.310 e. The van der Waals surface area contributed by atoms with Crippen LogP contribution in [0.25, 0.3) is 31.3 Å². The smallest absolute Gasteiger partial charge is 0.0529 e. The molecule has 2 aliphatic rings. The van der Waals surface area contributed by atoms with Crippen LogP contribution in [0, 0.1) is 5.92 Å². The van der Waals surface area contributed by atoms with Crippen LogP contribution in [0.2, 0.25) is 0 Å². The van der Waals surface area contributed by atoms with Crippen LogP contribution in [-0.4, -0.2) is 0 Å². The van der Waals surface area contributed by atoms with Gasteiger partial charge in [0, 0.05) is 41.7 Å². The molecule has 6 aromatic carbocycles. The standard InChI is InChI=1S/C43H30BrNS/c44-40-28-33(27-37-35-21-11-13-23-41(35)46-42(37)40)45(31-18-8-3-9-19-31)32-24-25-39-36(26-32)34-20-10-12-22-38(34)43(39,29-14-4-1-5-15-29)30-16-6-2-7-17-30/h1-16,18-28,30H,17H2. The summed E-state index contributed by atoms with van der Waals surface area (Å²) in [6.45, 7) is 0. The van der Waals surface area contributed by atoms with Crippen molar-refractivity contribution in [3.8, 4) is 11.1 Å². The number of halogens is 1. The summed E-state index contributed by atoms with van der Waals surface area (Å²) in [5, 5.41) is 2.57. The van der Waals surface area contributed by atoms with E-state index >= 15 is 0 Å². The van der Waals surface area contributed by atoms with Crippen LogP contribution in [0.15, 0.2) is 168 Å². The topological polar surface area (TPSA) is 3.24 Å². The van der Waals surface area contributed by atoms with Gasteiger partial charge in [0.05, 0.1) is 5.41 Å². The van der Waals surface area contributed by atoms with Crippen LogP contribution < -0.4 is 4.90 Å². The SMILES string of the molecule is Brc1cc(N(c2ccccc2)c2ccc3c(c2)-c2ccccc2C3(c2ccccc2)C2C=CC=CC2)cc2c1sc1ccccc12. The first-order valence-corrected chi connectivity index (χ1v) is 17.4. The minimum atomic E-state index is -0.276. The molecule has 0 saturated carbocycles. The highest BCUT2D eigenvalue weighted by molar-refractivity contribution is 9.10. The molecular formula is C43H30BrNS. The fourth-order valence-electron chi connectivity index (χ4n) is 7.90. The molecule has 2 aliphatic carbocycles. The fraction of sp³-hybridized carbons (Fsp3) is 0.0698. The van der Waals surface area contributed by atoms with Gasteiger partial charge < -0.3 is 4.90 Å². The Bertz CT molecular complexity index is 2320. The van der Waals surface area contributed by atoms with Crippen molar-refractivity contribution in [1.29, 1.82) is 0 Å². The molecule has 0 bridgehead atoms. The van der Waals surface area contributed by atoms with Crippen molar-refractivity contribution >= 4 is 64.5 Å². The number of benzene rings is 6. The molecule has 220 valence electrons. The summed E-state index contributed by atoms with van der Waals surface area (Å²) < 4.78 is 3.71. The third-order valence-electron chi connectivity index (χ3n) is 9.78. The summed E-state index contributed by atoms with van der Waals surface area (Å²) in [4.78, 5) is 2.41. The normalized spacial score (nSPS) is 18.2. The molecule has 7 aromatic rings. The van der Waals surface area contributed by atoms with Gasteiger partial charge in [-0.15, -0.1) is 11.3 Å². The Morgan fingerprint density at radius 2 is 1.35 bits per heavy atom. The Balaban J connectivity index is 1.30. The van der Waals surface area contributed by atoms with Crippen LogP contribution >= 0.6 is 27.3 Å². The van der Waals surface area contributed by atoms with Crippen molar-refractivity contribution < 1.29 is 0 Å². The van der Waals surface area contributed by atoms with E-state index < -0.39 is 0 Å². The Morgan fingerprint density at radius 3 is 2.17 bits per heavy atom. The Morgan fingerprint density at radius 1 is 0.609 bits per heavy atom. The third-order valence-corrected chi connectivity index (χ3v) is 11.9. The summed E-state index contributed by atoms with van der Waals surface area (Å²) in [5.74, 6) is 0.309. The van der Waals surface area contributed by atoms with E-state index in [1.807, 2.05) is 11.3 Å². The van der Waals surface area contributed by atoms with Gasteiger partial charge in [0.25, 0.3) is 0 Å². The maximum absolute atomic E-state index is 3.97. The average Bonchev–Trinajstić information content (AvgIpc) is 3.64. The molecule has 0 radical (unpaired) electrons. The number of para-hydroxylation sites is 1. The monoisotopic (exact) mass is 671 g/mol. The second-order valence-electron chi connectivity index (χ2n) is 12.2. The summed E-state index contributed by atoms with van der Waals surface area (Å²) in [6.07, 6.45) is 10.2. The van der Waals surface area contributed by atoms with E-state index in [2.05, 4.69) is 185 Å². The van der Waals surface area contributed by atoms with Crippen molar-refractivity contribution in [2.45, 2.75) is 11.8 Å². The highest BCUT2D eigenvalue weighted by Gasteiger charge is 2.49. The van der Waals surface area contributed by atoms with Gasteiger partial charge in [-0.05, 0) is 98.6 Å². The highest BCUT2D eigenvalue weighted by atomic mass is 79.9. The molecular weight excluding hydrogens is 642 g/mol. The van der Waals surface area contributed by atoms with Gasteiger partial charge in [-0.1, -0.05) is 121 Å². The predicted molar refractivity (Wildman–Crippen MR) is 200 cm³/mol. The first kappa shape index (κ1) is 27.6. The van der Waals surface area contributed by atoms with Gasteiger partial charge in [0.15, 0.2) is 0 Å². The van der Waals surface area contributed by atoms with Crippen LogP contribution in [-0.2, 0) is 5.41 Å². The van der Waals surface area contributed by atoms with Crippen LogP contribution in [0.4, 0.5) is 17.1 Å². The first-order valence-electron chi connectivity index (χ1n) is 15.8. The lowest BCUT2D eigenvalue weighted by Crippen LogP contribution is -2.35. The van der Waals surface area contributed by atoms with E-state index in [1.165, 1.54) is 48.0 Å². The predicted octanol–water partition coefficient (Wildman–Crippen LogP) is 12.7. The number of thiophene rings is 1. The molecule has 0 N–H and O–H groups in total. The lowest BCUT2D eigenvalue weighted by atomic mass is 9.62. The number of allylic oxidation sites excluding steroid dienone is 4. The quantitative estimate of drug-likeness (QED) is 0.176. The molecule has 0 saturated heterocycles. The van der Waals surface area contributed by atoms with Crippen LogP contribution in [0.1, 0.15) is 23.1 Å². The molecule has 3 heteroatoms. The highest BCUT2D eigenvalue weighted by Crippen LogP contribution is 2.59. The van der Waals surface area contributed by atoms with Gasteiger partial charge in [-0.3, -0.25) is 0 Å². The molecule has 0 spiro atoms. The zero-order valence-electron chi connectivity index (χ0n) is 25.1. The zero-order chi connectivity index (χ0) is 30.7. The third kappa shape index (κ3) is 4.12. The number of fused-ring (bicyclic) bond motifs is 6. The molecule has 1 nitrogen and oxygen atoms in total. The van der Waals surface area contributed by atoms with Gasteiger partial charge in [0.2, 0.25) is 0 Å². The molecule has 9 rings (SSSR count). The number of rotatable bonds is 5. The number of hydrogen-bond acceptors (Lipinski definition) is 2. The molecule has 1 heterocycles. The van der Waals surface area contributed by atoms with Crippen molar-refractivity contribution in [3.63, 3.8) is 0 Å². The molecule has 2 unspecified atom stereocenters.